The molecule has 1 aromatic heterocycles. The van der Waals surface area contributed by atoms with Crippen LogP contribution in [0.25, 0.3) is 0 Å². The van der Waals surface area contributed by atoms with Crippen LogP contribution in [0.5, 0.6) is 5.88 Å². The topological polar surface area (TPSA) is 82.4 Å². The van der Waals surface area contributed by atoms with Crippen LogP contribution in [0.4, 0.5) is 4.39 Å². The van der Waals surface area contributed by atoms with Crippen molar-refractivity contribution in [1.29, 1.82) is 0 Å². The molecular formula is C18H21FN6O2. The number of carbonyl (C=O) groups is 1. The lowest BCUT2D eigenvalue weighted by Gasteiger charge is -2.33. The van der Waals surface area contributed by atoms with Crippen molar-refractivity contribution in [3.8, 4) is 5.88 Å². The van der Waals surface area contributed by atoms with Crippen molar-refractivity contribution in [1.82, 2.24) is 20.2 Å². The average molecular weight is 372 g/mol. The summed E-state index contributed by atoms with van der Waals surface area (Å²) in [6.07, 6.45) is 7.32. The van der Waals surface area contributed by atoms with Gasteiger partial charge in [0, 0.05) is 24.5 Å². The van der Waals surface area contributed by atoms with Crippen molar-refractivity contribution in [2.75, 3.05) is 19.7 Å². The quantitative estimate of drug-likeness (QED) is 0.754. The SMILES string of the molecule is C/C=N\N1C=CC2=NC1C(=O)NCCOc1ncc(F)cc1[C@H]1CCCN21. The lowest BCUT2D eigenvalue weighted by Crippen LogP contribution is -2.46. The summed E-state index contributed by atoms with van der Waals surface area (Å²) in [4.78, 5) is 23.4. The molecule has 0 spiro atoms. The minimum atomic E-state index is -0.785. The fourth-order valence-corrected chi connectivity index (χ4v) is 3.61. The Morgan fingerprint density at radius 3 is 3.22 bits per heavy atom. The summed E-state index contributed by atoms with van der Waals surface area (Å²) in [6, 6.07) is 1.38. The fourth-order valence-electron chi connectivity index (χ4n) is 3.61. The van der Waals surface area contributed by atoms with E-state index in [1.165, 1.54) is 11.1 Å². The Bertz CT molecular complexity index is 824. The number of halogens is 1. The molecule has 27 heavy (non-hydrogen) atoms. The molecule has 142 valence electrons. The lowest BCUT2D eigenvalue weighted by atomic mass is 10.1. The van der Waals surface area contributed by atoms with Gasteiger partial charge in [0.25, 0.3) is 5.91 Å². The molecule has 1 N–H and O–H groups in total. The normalized spacial score (nSPS) is 25.1. The lowest BCUT2D eigenvalue weighted by molar-refractivity contribution is -0.125. The first kappa shape index (κ1) is 17.4. The minimum absolute atomic E-state index is 0.101. The second-order valence-corrected chi connectivity index (χ2v) is 6.47. The van der Waals surface area contributed by atoms with Crippen LogP contribution in [0.3, 0.4) is 0 Å². The molecule has 0 aliphatic carbocycles. The van der Waals surface area contributed by atoms with Gasteiger partial charge in [0.2, 0.25) is 12.0 Å². The highest BCUT2D eigenvalue weighted by molar-refractivity contribution is 5.97. The predicted molar refractivity (Wildman–Crippen MR) is 97.7 cm³/mol. The molecule has 3 aliphatic heterocycles. The molecule has 9 heteroatoms. The maximum Gasteiger partial charge on any atom is 0.267 e. The van der Waals surface area contributed by atoms with Crippen molar-refractivity contribution in [3.63, 3.8) is 0 Å². The molecule has 1 fully saturated rings. The standard InChI is InChI=1S/C18H21FN6O2/c1-2-22-25-8-5-15-23-16(25)17(26)20-6-9-27-18-13(10-12(19)11-21-18)14-4-3-7-24(14)15/h2,5,8,10-11,14,16H,3-4,6-7,9H2,1H3,(H,20,26)/b22-2-/t14-,16?/m1/s1. The number of amidine groups is 1. The largest absolute Gasteiger partial charge is 0.476 e. The van der Waals surface area contributed by atoms with Crippen LogP contribution in [0.1, 0.15) is 31.4 Å². The van der Waals surface area contributed by atoms with E-state index >= 15 is 0 Å². The van der Waals surface area contributed by atoms with E-state index in [0.29, 0.717) is 23.8 Å². The van der Waals surface area contributed by atoms with E-state index in [9.17, 15) is 9.18 Å². The first-order valence-corrected chi connectivity index (χ1v) is 9.03. The molecular weight excluding hydrogens is 351 g/mol. The summed E-state index contributed by atoms with van der Waals surface area (Å²) >= 11 is 0. The molecule has 1 unspecified atom stereocenters. The maximum absolute atomic E-state index is 13.9. The van der Waals surface area contributed by atoms with Crippen LogP contribution in [0.2, 0.25) is 0 Å². The Hall–Kier alpha value is -2.97. The Labute approximate surface area is 156 Å². The molecule has 1 saturated heterocycles. The molecule has 0 aromatic carbocycles. The van der Waals surface area contributed by atoms with Crippen molar-refractivity contribution in [3.05, 3.63) is 35.9 Å². The zero-order valence-corrected chi connectivity index (χ0v) is 15.0. The van der Waals surface area contributed by atoms with Gasteiger partial charge >= 0.3 is 0 Å². The molecule has 1 aromatic rings. The number of nitrogens with zero attached hydrogens (tertiary/aromatic N) is 5. The summed E-state index contributed by atoms with van der Waals surface area (Å²) in [5.74, 6) is 0.426. The molecule has 4 rings (SSSR count). The van der Waals surface area contributed by atoms with Gasteiger partial charge in [-0.2, -0.15) is 5.10 Å². The van der Waals surface area contributed by atoms with Gasteiger partial charge in [-0.05, 0) is 31.9 Å². The van der Waals surface area contributed by atoms with Crippen LogP contribution in [-0.2, 0) is 4.79 Å². The third-order valence-corrected chi connectivity index (χ3v) is 4.76. The van der Waals surface area contributed by atoms with Gasteiger partial charge in [-0.3, -0.25) is 4.79 Å². The number of hydrazone groups is 1. The number of rotatable bonds is 1. The number of carbonyl (C=O) groups excluding carboxylic acids is 1. The smallest absolute Gasteiger partial charge is 0.267 e. The zero-order chi connectivity index (χ0) is 18.8. The second-order valence-electron chi connectivity index (χ2n) is 6.47. The van der Waals surface area contributed by atoms with E-state index in [4.69, 9.17) is 4.74 Å². The average Bonchev–Trinajstić information content (AvgIpc) is 3.15. The zero-order valence-electron chi connectivity index (χ0n) is 15.0. The van der Waals surface area contributed by atoms with Gasteiger partial charge in [0.1, 0.15) is 18.3 Å². The summed E-state index contributed by atoms with van der Waals surface area (Å²) in [5.41, 5.74) is 0.709. The number of ether oxygens (including phenoxy) is 1. The van der Waals surface area contributed by atoms with E-state index in [2.05, 4.69) is 25.3 Å². The van der Waals surface area contributed by atoms with Crippen LogP contribution in [-0.4, -0.2) is 58.7 Å². The number of fused-ring (bicyclic) bond motifs is 5. The van der Waals surface area contributed by atoms with E-state index in [0.717, 1.165) is 25.6 Å². The van der Waals surface area contributed by atoms with E-state index in [1.54, 1.807) is 19.3 Å². The number of amides is 1. The van der Waals surface area contributed by atoms with Crippen molar-refractivity contribution in [2.24, 2.45) is 10.1 Å². The van der Waals surface area contributed by atoms with Crippen LogP contribution >= 0.6 is 0 Å². The molecule has 8 nitrogen and oxygen atoms in total. The number of aliphatic imine (C=N–C) groups is 1. The Kier molecular flexibility index (Phi) is 4.74. The number of nitrogens with one attached hydrogen (secondary N) is 1. The van der Waals surface area contributed by atoms with Crippen molar-refractivity contribution in [2.45, 2.75) is 32.0 Å². The highest BCUT2D eigenvalue weighted by Crippen LogP contribution is 2.37. The fraction of sp³-hybridized carbons (Fsp3) is 0.444. The summed E-state index contributed by atoms with van der Waals surface area (Å²) in [6.45, 7) is 3.07. The number of pyridine rings is 1. The van der Waals surface area contributed by atoms with Gasteiger partial charge in [-0.25, -0.2) is 19.4 Å². The van der Waals surface area contributed by atoms with E-state index < -0.39 is 12.0 Å². The van der Waals surface area contributed by atoms with Gasteiger partial charge in [-0.1, -0.05) is 0 Å². The maximum atomic E-state index is 13.9. The minimum Gasteiger partial charge on any atom is -0.476 e. The van der Waals surface area contributed by atoms with Gasteiger partial charge in [0.05, 0.1) is 18.8 Å². The van der Waals surface area contributed by atoms with Crippen molar-refractivity contribution >= 4 is 18.0 Å². The van der Waals surface area contributed by atoms with Gasteiger partial charge in [-0.15, -0.1) is 0 Å². The number of hydrogen-bond donors (Lipinski definition) is 1. The van der Waals surface area contributed by atoms with Crippen LogP contribution in [0, 0.1) is 5.82 Å². The molecule has 4 heterocycles. The highest BCUT2D eigenvalue weighted by Gasteiger charge is 2.35. The number of aromatic nitrogens is 1. The highest BCUT2D eigenvalue weighted by atomic mass is 19.1. The molecule has 0 saturated carbocycles. The Morgan fingerprint density at radius 1 is 1.48 bits per heavy atom. The Balaban J connectivity index is 1.76. The third kappa shape index (κ3) is 3.36. The molecule has 2 bridgehead atoms. The van der Waals surface area contributed by atoms with Gasteiger partial charge in [0.15, 0.2) is 0 Å². The first-order chi connectivity index (χ1) is 13.2. The Morgan fingerprint density at radius 2 is 2.37 bits per heavy atom. The molecule has 2 atom stereocenters. The summed E-state index contributed by atoms with van der Waals surface area (Å²) in [7, 11) is 0. The summed E-state index contributed by atoms with van der Waals surface area (Å²) in [5, 5.41) is 8.53. The second kappa shape index (κ2) is 7.34. The molecule has 3 aliphatic rings. The predicted octanol–water partition coefficient (Wildman–Crippen LogP) is 1.43. The molecule has 1 amide bonds. The van der Waals surface area contributed by atoms with Crippen LogP contribution < -0.4 is 10.1 Å². The third-order valence-electron chi connectivity index (χ3n) is 4.76. The first-order valence-electron chi connectivity index (χ1n) is 9.03. The molecule has 0 radical (unpaired) electrons. The van der Waals surface area contributed by atoms with E-state index in [-0.39, 0.29) is 18.6 Å². The van der Waals surface area contributed by atoms with Crippen LogP contribution in [0.15, 0.2) is 34.6 Å². The monoisotopic (exact) mass is 372 g/mol. The number of hydrogen-bond acceptors (Lipinski definition) is 7. The van der Waals surface area contributed by atoms with Crippen molar-refractivity contribution < 1.29 is 13.9 Å². The summed E-state index contributed by atoms with van der Waals surface area (Å²) < 4.78 is 19.6. The van der Waals surface area contributed by atoms with E-state index in [1.807, 2.05) is 6.08 Å². The van der Waals surface area contributed by atoms with Gasteiger partial charge < -0.3 is 15.0 Å².